The summed E-state index contributed by atoms with van der Waals surface area (Å²) in [6.07, 6.45) is 0. The largest absolute Gasteiger partial charge is 0.377 e. The molecule has 6 nitrogen and oxygen atoms in total. The van der Waals surface area contributed by atoms with Gasteiger partial charge < -0.3 is 9.26 Å². The number of anilines is 1. The zero-order valence-electron chi connectivity index (χ0n) is 15.5. The summed E-state index contributed by atoms with van der Waals surface area (Å²) in [6, 6.07) is 14.5. The Morgan fingerprint density at radius 2 is 1.70 bits per heavy atom. The molecule has 0 fully saturated rings. The van der Waals surface area contributed by atoms with Gasteiger partial charge in [0.1, 0.15) is 5.76 Å². The Balaban J connectivity index is 2.06. The highest BCUT2D eigenvalue weighted by Crippen LogP contribution is 2.32. The van der Waals surface area contributed by atoms with Crippen molar-refractivity contribution in [3.8, 4) is 11.1 Å². The van der Waals surface area contributed by atoms with Crippen LogP contribution in [0.15, 0.2) is 57.9 Å². The topological polar surface area (TPSA) is 81.4 Å². The second-order valence-corrected chi connectivity index (χ2v) is 7.76. The molecule has 0 unspecified atom stereocenters. The quantitative estimate of drug-likeness (QED) is 0.655. The van der Waals surface area contributed by atoms with E-state index in [2.05, 4.69) is 9.88 Å². The Morgan fingerprint density at radius 3 is 2.37 bits per heavy atom. The van der Waals surface area contributed by atoms with E-state index in [1.54, 1.807) is 32.0 Å². The number of nitrogens with one attached hydrogen (secondary N) is 1. The summed E-state index contributed by atoms with van der Waals surface area (Å²) in [5, 5.41) is 3.80. The van der Waals surface area contributed by atoms with E-state index in [9.17, 15) is 8.42 Å². The number of hydrogen-bond donors (Lipinski definition) is 1. The van der Waals surface area contributed by atoms with Gasteiger partial charge in [-0.25, -0.2) is 8.42 Å². The molecule has 1 N–H and O–H groups in total. The Bertz CT molecular complexity index is 1040. The van der Waals surface area contributed by atoms with Crippen LogP contribution in [0.1, 0.15) is 23.8 Å². The maximum absolute atomic E-state index is 13.1. The summed E-state index contributed by atoms with van der Waals surface area (Å²) < 4.78 is 39.2. The van der Waals surface area contributed by atoms with Gasteiger partial charge in [0.25, 0.3) is 10.0 Å². The van der Waals surface area contributed by atoms with Gasteiger partial charge in [0, 0.05) is 17.7 Å². The average Bonchev–Trinajstić information content (AvgIpc) is 2.98. The number of nitrogens with zero attached hydrogens (tertiary/aromatic N) is 1. The van der Waals surface area contributed by atoms with Crippen LogP contribution in [0.2, 0.25) is 0 Å². The van der Waals surface area contributed by atoms with E-state index in [4.69, 9.17) is 9.26 Å². The smallest absolute Gasteiger partial charge is 0.263 e. The standard InChI is InChI=1S/C20H22N2O4S/c1-4-25-13-16-9-5-6-10-17(16)18-11-7-8-12-19(18)27(23,24)22-20-14(2)15(3)26-21-20/h5-12H,4,13H2,1-3H3,(H,21,22). The van der Waals surface area contributed by atoms with Crippen molar-refractivity contribution in [3.05, 3.63) is 65.4 Å². The van der Waals surface area contributed by atoms with E-state index in [0.29, 0.717) is 30.1 Å². The van der Waals surface area contributed by atoms with Gasteiger partial charge in [-0.2, -0.15) is 0 Å². The highest BCUT2D eigenvalue weighted by Gasteiger charge is 2.23. The van der Waals surface area contributed by atoms with Crippen LogP contribution in [0, 0.1) is 13.8 Å². The zero-order valence-corrected chi connectivity index (χ0v) is 16.3. The number of hydrogen-bond acceptors (Lipinski definition) is 5. The summed E-state index contributed by atoms with van der Waals surface area (Å²) in [4.78, 5) is 0.175. The van der Waals surface area contributed by atoms with Crippen molar-refractivity contribution < 1.29 is 17.7 Å². The molecule has 0 aliphatic carbocycles. The molecule has 27 heavy (non-hydrogen) atoms. The van der Waals surface area contributed by atoms with Crippen LogP contribution in [-0.4, -0.2) is 20.2 Å². The summed E-state index contributed by atoms with van der Waals surface area (Å²) >= 11 is 0. The molecule has 0 radical (unpaired) electrons. The molecule has 0 atom stereocenters. The van der Waals surface area contributed by atoms with Crippen LogP contribution in [0.3, 0.4) is 0 Å². The molecule has 0 amide bonds. The summed E-state index contributed by atoms with van der Waals surface area (Å²) in [5.74, 6) is 0.771. The first-order valence-corrected chi connectivity index (χ1v) is 10.1. The van der Waals surface area contributed by atoms with Gasteiger partial charge in [-0.1, -0.05) is 47.6 Å². The van der Waals surface area contributed by atoms with E-state index in [-0.39, 0.29) is 10.7 Å². The van der Waals surface area contributed by atoms with Gasteiger partial charge in [-0.3, -0.25) is 4.72 Å². The lowest BCUT2D eigenvalue weighted by Crippen LogP contribution is -2.15. The second kappa shape index (κ2) is 7.94. The molecule has 0 aliphatic rings. The fraction of sp³-hybridized carbons (Fsp3) is 0.250. The molecule has 0 saturated carbocycles. The van der Waals surface area contributed by atoms with Gasteiger partial charge >= 0.3 is 0 Å². The van der Waals surface area contributed by atoms with Crippen LogP contribution in [0.5, 0.6) is 0 Å². The summed E-state index contributed by atoms with van der Waals surface area (Å²) in [5.41, 5.74) is 3.02. The number of benzene rings is 2. The minimum atomic E-state index is -3.85. The zero-order chi connectivity index (χ0) is 19.4. The van der Waals surface area contributed by atoms with Gasteiger partial charge in [-0.15, -0.1) is 0 Å². The maximum Gasteiger partial charge on any atom is 0.263 e. The van der Waals surface area contributed by atoms with E-state index < -0.39 is 10.0 Å². The molecule has 142 valence electrons. The van der Waals surface area contributed by atoms with E-state index >= 15 is 0 Å². The minimum Gasteiger partial charge on any atom is -0.377 e. The molecule has 1 aromatic heterocycles. The molecule has 3 aromatic rings. The Morgan fingerprint density at radius 1 is 1.04 bits per heavy atom. The van der Waals surface area contributed by atoms with Crippen molar-refractivity contribution in [1.82, 2.24) is 5.16 Å². The molecule has 0 bridgehead atoms. The van der Waals surface area contributed by atoms with Crippen LogP contribution in [-0.2, 0) is 21.4 Å². The monoisotopic (exact) mass is 386 g/mol. The third kappa shape index (κ3) is 4.04. The molecule has 0 spiro atoms. The predicted molar refractivity (Wildman–Crippen MR) is 104 cm³/mol. The number of aromatic nitrogens is 1. The fourth-order valence-electron chi connectivity index (χ4n) is 2.74. The second-order valence-electron chi connectivity index (χ2n) is 6.11. The molecule has 2 aromatic carbocycles. The lowest BCUT2D eigenvalue weighted by Gasteiger charge is -2.14. The van der Waals surface area contributed by atoms with Crippen molar-refractivity contribution in [3.63, 3.8) is 0 Å². The van der Waals surface area contributed by atoms with Crippen LogP contribution >= 0.6 is 0 Å². The molecular formula is C20H22N2O4S. The molecule has 3 rings (SSSR count). The van der Waals surface area contributed by atoms with E-state index in [0.717, 1.165) is 11.1 Å². The van der Waals surface area contributed by atoms with Crippen LogP contribution in [0.25, 0.3) is 11.1 Å². The third-order valence-corrected chi connectivity index (χ3v) is 5.73. The number of ether oxygens (including phenoxy) is 1. The van der Waals surface area contributed by atoms with Crippen molar-refractivity contribution in [2.24, 2.45) is 0 Å². The van der Waals surface area contributed by atoms with E-state index in [1.807, 2.05) is 37.3 Å². The van der Waals surface area contributed by atoms with Crippen molar-refractivity contribution in [2.75, 3.05) is 11.3 Å². The summed E-state index contributed by atoms with van der Waals surface area (Å²) in [6.45, 7) is 6.41. The highest BCUT2D eigenvalue weighted by molar-refractivity contribution is 7.92. The van der Waals surface area contributed by atoms with Gasteiger partial charge in [0.05, 0.1) is 11.5 Å². The molecule has 7 heteroatoms. The predicted octanol–water partition coefficient (Wildman–Crippen LogP) is 4.30. The first-order valence-electron chi connectivity index (χ1n) is 8.64. The first-order chi connectivity index (χ1) is 12.9. The van der Waals surface area contributed by atoms with Crippen molar-refractivity contribution >= 4 is 15.8 Å². The molecule has 0 saturated heterocycles. The van der Waals surface area contributed by atoms with Gasteiger partial charge in [-0.05, 0) is 38.0 Å². The lowest BCUT2D eigenvalue weighted by molar-refractivity contribution is 0.134. The number of sulfonamides is 1. The maximum atomic E-state index is 13.1. The first kappa shape index (κ1) is 19.1. The van der Waals surface area contributed by atoms with Gasteiger partial charge in [0.2, 0.25) is 0 Å². The van der Waals surface area contributed by atoms with Crippen molar-refractivity contribution in [1.29, 1.82) is 0 Å². The minimum absolute atomic E-state index is 0.175. The number of aryl methyl sites for hydroxylation is 1. The fourth-order valence-corrected chi connectivity index (χ4v) is 4.02. The lowest BCUT2D eigenvalue weighted by atomic mass is 10.0. The van der Waals surface area contributed by atoms with E-state index in [1.165, 1.54) is 0 Å². The molecular weight excluding hydrogens is 364 g/mol. The normalized spacial score (nSPS) is 11.5. The Kier molecular flexibility index (Phi) is 5.62. The van der Waals surface area contributed by atoms with Crippen molar-refractivity contribution in [2.45, 2.75) is 32.3 Å². The summed E-state index contributed by atoms with van der Waals surface area (Å²) in [7, 11) is -3.85. The highest BCUT2D eigenvalue weighted by atomic mass is 32.2. The molecule has 1 heterocycles. The Labute approximate surface area is 159 Å². The number of rotatable bonds is 7. The third-order valence-electron chi connectivity index (χ3n) is 4.33. The Hall–Kier alpha value is -2.64. The average molecular weight is 386 g/mol. The SMILES string of the molecule is CCOCc1ccccc1-c1ccccc1S(=O)(=O)Nc1noc(C)c1C. The van der Waals surface area contributed by atoms with Crippen LogP contribution in [0.4, 0.5) is 5.82 Å². The van der Waals surface area contributed by atoms with Gasteiger partial charge in [0.15, 0.2) is 5.82 Å². The van der Waals surface area contributed by atoms with Crippen LogP contribution < -0.4 is 4.72 Å². The molecule has 0 aliphatic heterocycles.